The van der Waals surface area contributed by atoms with E-state index in [1.54, 1.807) is 18.3 Å². The van der Waals surface area contributed by atoms with Crippen LogP contribution >= 0.6 is 0 Å². The van der Waals surface area contributed by atoms with Gasteiger partial charge >= 0.3 is 6.18 Å². The van der Waals surface area contributed by atoms with Crippen molar-refractivity contribution in [2.75, 3.05) is 5.32 Å². The zero-order valence-electron chi connectivity index (χ0n) is 14.7. The average molecular weight is 390 g/mol. The summed E-state index contributed by atoms with van der Waals surface area (Å²) in [5.74, 6) is -0.0935. The number of carbonyl (C=O) groups is 1. The highest BCUT2D eigenvalue weighted by Crippen LogP contribution is 2.32. The quantitative estimate of drug-likeness (QED) is 0.703. The molecule has 0 saturated carbocycles. The first-order valence-electron chi connectivity index (χ1n) is 8.47. The molecule has 6 nitrogen and oxygen atoms in total. The summed E-state index contributed by atoms with van der Waals surface area (Å²) in [6.45, 7) is 0.0486. The Bertz CT molecular complexity index is 1020. The third-order valence-electron chi connectivity index (χ3n) is 4.11. The number of alkyl halides is 3. The van der Waals surface area contributed by atoms with Crippen LogP contribution < -0.4 is 10.9 Å². The molecule has 0 radical (unpaired) electrons. The van der Waals surface area contributed by atoms with E-state index >= 15 is 0 Å². The number of nitrogens with one attached hydrogen (secondary N) is 1. The Hall–Kier alpha value is -3.36. The maximum Gasteiger partial charge on any atom is 0.416 e. The van der Waals surface area contributed by atoms with Gasteiger partial charge in [0.25, 0.3) is 5.56 Å². The van der Waals surface area contributed by atoms with Gasteiger partial charge in [-0.15, -0.1) is 0 Å². The number of benzene rings is 1. The Morgan fingerprint density at radius 2 is 1.82 bits per heavy atom. The van der Waals surface area contributed by atoms with Gasteiger partial charge in [0.1, 0.15) is 5.82 Å². The van der Waals surface area contributed by atoms with Crippen LogP contribution in [0.25, 0.3) is 0 Å². The number of anilines is 1. The molecule has 0 saturated heterocycles. The van der Waals surface area contributed by atoms with Crippen LogP contribution in [0, 0.1) is 0 Å². The van der Waals surface area contributed by atoms with E-state index < -0.39 is 11.7 Å². The molecule has 3 rings (SSSR count). The molecule has 1 amide bonds. The summed E-state index contributed by atoms with van der Waals surface area (Å²) in [6, 6.07) is 11.4. The van der Waals surface area contributed by atoms with Crippen LogP contribution in [0.2, 0.25) is 0 Å². The van der Waals surface area contributed by atoms with E-state index in [2.05, 4.69) is 10.4 Å². The number of hydrogen-bond acceptors (Lipinski definition) is 3. The highest BCUT2D eigenvalue weighted by Gasteiger charge is 2.33. The lowest BCUT2D eigenvalue weighted by Gasteiger charge is -2.14. The minimum absolute atomic E-state index is 0.0360. The van der Waals surface area contributed by atoms with Crippen LogP contribution in [0.4, 0.5) is 19.0 Å². The highest BCUT2D eigenvalue weighted by atomic mass is 19.4. The molecule has 3 aromatic rings. The summed E-state index contributed by atoms with van der Waals surface area (Å²) in [5.41, 5.74) is -0.916. The van der Waals surface area contributed by atoms with Crippen LogP contribution in [0.1, 0.15) is 17.5 Å². The van der Waals surface area contributed by atoms with Gasteiger partial charge in [-0.25, -0.2) is 4.68 Å². The zero-order chi connectivity index (χ0) is 20.1. The van der Waals surface area contributed by atoms with E-state index in [0.717, 1.165) is 6.07 Å². The number of aromatic nitrogens is 3. The molecule has 0 aliphatic heterocycles. The predicted molar refractivity (Wildman–Crippen MR) is 96.7 cm³/mol. The topological polar surface area (TPSA) is 68.9 Å². The second-order valence-electron chi connectivity index (χ2n) is 6.06. The molecule has 0 bridgehead atoms. The van der Waals surface area contributed by atoms with Gasteiger partial charge in [-0.2, -0.15) is 18.3 Å². The van der Waals surface area contributed by atoms with Gasteiger partial charge in [0, 0.05) is 31.3 Å². The first kappa shape index (κ1) is 19.4. The largest absolute Gasteiger partial charge is 0.416 e. The van der Waals surface area contributed by atoms with Gasteiger partial charge in [0.15, 0.2) is 0 Å². The number of hydrogen-bond donors (Lipinski definition) is 1. The number of carbonyl (C=O) groups excluding carboxylic acids is 1. The summed E-state index contributed by atoms with van der Waals surface area (Å²) < 4.78 is 42.2. The van der Waals surface area contributed by atoms with Crippen molar-refractivity contribution < 1.29 is 18.0 Å². The van der Waals surface area contributed by atoms with Gasteiger partial charge in [0.2, 0.25) is 5.91 Å². The number of rotatable bonds is 6. The van der Waals surface area contributed by atoms with Crippen molar-refractivity contribution in [1.82, 2.24) is 14.3 Å². The Balaban J connectivity index is 1.69. The van der Waals surface area contributed by atoms with E-state index in [9.17, 15) is 22.8 Å². The van der Waals surface area contributed by atoms with Crippen molar-refractivity contribution >= 4 is 11.7 Å². The number of aryl methyl sites for hydroxylation is 1. The molecule has 0 aliphatic rings. The van der Waals surface area contributed by atoms with E-state index in [4.69, 9.17) is 0 Å². The monoisotopic (exact) mass is 390 g/mol. The molecule has 0 fully saturated rings. The standard InChI is InChI=1S/C19H17F3N4O2/c20-19(21,22)15-6-2-1-5-14(15)13-26-16(8-10-23-26)24-17(27)9-12-25-11-4-3-7-18(25)28/h1-8,10-11H,9,12-13H2,(H,24,27). The van der Waals surface area contributed by atoms with Gasteiger partial charge in [-0.05, 0) is 17.7 Å². The predicted octanol–water partition coefficient (Wildman–Crippen LogP) is 3.14. The molecular weight excluding hydrogens is 373 g/mol. The highest BCUT2D eigenvalue weighted by molar-refractivity contribution is 5.89. The van der Waals surface area contributed by atoms with Gasteiger partial charge in [0.05, 0.1) is 18.3 Å². The molecule has 0 atom stereocenters. The molecule has 2 heterocycles. The van der Waals surface area contributed by atoms with Gasteiger partial charge in [-0.1, -0.05) is 24.3 Å². The fourth-order valence-electron chi connectivity index (χ4n) is 2.73. The molecule has 0 spiro atoms. The van der Waals surface area contributed by atoms with Crippen molar-refractivity contribution in [3.63, 3.8) is 0 Å². The van der Waals surface area contributed by atoms with Crippen molar-refractivity contribution in [3.8, 4) is 0 Å². The van der Waals surface area contributed by atoms with Crippen LogP contribution in [0.15, 0.2) is 65.7 Å². The number of amides is 1. The maximum absolute atomic E-state index is 13.2. The molecule has 28 heavy (non-hydrogen) atoms. The van der Waals surface area contributed by atoms with E-state index in [0.29, 0.717) is 0 Å². The second-order valence-corrected chi connectivity index (χ2v) is 6.06. The lowest BCUT2D eigenvalue weighted by Crippen LogP contribution is -2.22. The number of pyridine rings is 1. The molecule has 0 unspecified atom stereocenters. The lowest BCUT2D eigenvalue weighted by molar-refractivity contribution is -0.138. The van der Waals surface area contributed by atoms with Gasteiger partial charge < -0.3 is 9.88 Å². The molecule has 1 aromatic carbocycles. The molecular formula is C19H17F3N4O2. The Morgan fingerprint density at radius 3 is 2.57 bits per heavy atom. The van der Waals surface area contributed by atoms with E-state index in [1.165, 1.54) is 45.8 Å². The number of nitrogens with zero attached hydrogens (tertiary/aromatic N) is 3. The van der Waals surface area contributed by atoms with Crippen molar-refractivity contribution in [1.29, 1.82) is 0 Å². The maximum atomic E-state index is 13.2. The summed E-state index contributed by atoms with van der Waals surface area (Å²) >= 11 is 0. The molecule has 1 N–H and O–H groups in total. The van der Waals surface area contributed by atoms with Crippen LogP contribution in [-0.4, -0.2) is 20.3 Å². The number of halogens is 3. The van der Waals surface area contributed by atoms with Crippen molar-refractivity contribution in [2.45, 2.75) is 25.7 Å². The smallest absolute Gasteiger partial charge is 0.315 e. The Morgan fingerprint density at radius 1 is 1.07 bits per heavy atom. The van der Waals surface area contributed by atoms with Crippen LogP contribution in [0.5, 0.6) is 0 Å². The summed E-state index contributed by atoms with van der Waals surface area (Å²) in [5, 5.41) is 6.62. The fraction of sp³-hybridized carbons (Fsp3) is 0.211. The molecule has 9 heteroatoms. The molecule has 0 aliphatic carbocycles. The zero-order valence-corrected chi connectivity index (χ0v) is 14.7. The fourth-order valence-corrected chi connectivity index (χ4v) is 2.73. The van der Waals surface area contributed by atoms with Crippen molar-refractivity contribution in [2.24, 2.45) is 0 Å². The molecule has 2 aromatic heterocycles. The Kier molecular flexibility index (Phi) is 5.62. The SMILES string of the molecule is O=C(CCn1ccccc1=O)Nc1ccnn1Cc1ccccc1C(F)(F)F. The first-order chi connectivity index (χ1) is 13.3. The van der Waals surface area contributed by atoms with Crippen molar-refractivity contribution in [3.05, 3.63) is 82.4 Å². The third kappa shape index (κ3) is 4.67. The summed E-state index contributed by atoms with van der Waals surface area (Å²) in [4.78, 5) is 23.8. The minimum Gasteiger partial charge on any atom is -0.315 e. The van der Waals surface area contributed by atoms with Gasteiger partial charge in [-0.3, -0.25) is 9.59 Å². The third-order valence-corrected chi connectivity index (χ3v) is 4.11. The Labute approximate surface area is 158 Å². The second kappa shape index (κ2) is 8.12. The minimum atomic E-state index is -4.48. The van der Waals surface area contributed by atoms with Crippen LogP contribution in [0.3, 0.4) is 0 Å². The molecule has 146 valence electrons. The summed E-state index contributed by atoms with van der Waals surface area (Å²) in [7, 11) is 0. The summed E-state index contributed by atoms with van der Waals surface area (Å²) in [6.07, 6.45) is -1.47. The van der Waals surface area contributed by atoms with Crippen LogP contribution in [-0.2, 0) is 24.1 Å². The normalized spacial score (nSPS) is 11.4. The average Bonchev–Trinajstić information content (AvgIpc) is 3.07. The van der Waals surface area contributed by atoms with E-state index in [1.807, 2.05) is 0 Å². The first-order valence-corrected chi connectivity index (χ1v) is 8.47. The van der Waals surface area contributed by atoms with E-state index in [-0.39, 0.29) is 42.4 Å². The lowest BCUT2D eigenvalue weighted by atomic mass is 10.1.